The third-order valence-electron chi connectivity index (χ3n) is 3.40. The predicted octanol–water partition coefficient (Wildman–Crippen LogP) is 2.82. The van der Waals surface area contributed by atoms with Gasteiger partial charge in [0.1, 0.15) is 17.4 Å². The van der Waals surface area contributed by atoms with Gasteiger partial charge in [-0.05, 0) is 52.3 Å². The summed E-state index contributed by atoms with van der Waals surface area (Å²) >= 11 is 0. The molecule has 0 unspecified atom stereocenters. The van der Waals surface area contributed by atoms with Crippen molar-refractivity contribution in [3.05, 3.63) is 40.4 Å². The van der Waals surface area contributed by atoms with E-state index in [4.69, 9.17) is 4.52 Å². The van der Waals surface area contributed by atoms with Gasteiger partial charge in [0, 0.05) is 23.5 Å². The van der Waals surface area contributed by atoms with Crippen molar-refractivity contribution in [1.82, 2.24) is 15.0 Å². The van der Waals surface area contributed by atoms with Crippen molar-refractivity contribution in [3.63, 3.8) is 0 Å². The molecule has 0 saturated carbocycles. The first kappa shape index (κ1) is 16.6. The van der Waals surface area contributed by atoms with Crippen molar-refractivity contribution >= 4 is 12.0 Å². The average molecular weight is 312 g/mol. The van der Waals surface area contributed by atoms with E-state index in [1.54, 1.807) is 6.08 Å². The number of hydrogen-bond donors (Lipinski definition) is 1. The molecular weight excluding hydrogens is 292 g/mol. The molecule has 2 rings (SSSR count). The highest BCUT2D eigenvalue weighted by molar-refractivity contribution is 6.01. The van der Waals surface area contributed by atoms with E-state index in [2.05, 4.69) is 10.5 Å². The van der Waals surface area contributed by atoms with Gasteiger partial charge in [-0.1, -0.05) is 5.16 Å². The fraction of sp³-hybridized carbons (Fsp3) is 0.353. The Hall–Kier alpha value is -2.81. The monoisotopic (exact) mass is 312 g/mol. The molecule has 0 saturated heterocycles. The van der Waals surface area contributed by atoms with Crippen molar-refractivity contribution in [3.8, 4) is 11.9 Å². The fourth-order valence-corrected chi connectivity index (χ4v) is 2.39. The number of amides is 1. The zero-order valence-electron chi connectivity index (χ0n) is 14.0. The van der Waals surface area contributed by atoms with Gasteiger partial charge in [-0.15, -0.1) is 0 Å². The largest absolute Gasteiger partial charge is 0.360 e. The Morgan fingerprint density at radius 3 is 2.61 bits per heavy atom. The average Bonchev–Trinajstić information content (AvgIpc) is 2.99. The van der Waals surface area contributed by atoms with Crippen LogP contribution in [0.4, 0.5) is 0 Å². The Labute approximate surface area is 135 Å². The zero-order valence-corrected chi connectivity index (χ0v) is 14.0. The van der Waals surface area contributed by atoms with Gasteiger partial charge in [0.15, 0.2) is 5.82 Å². The van der Waals surface area contributed by atoms with Gasteiger partial charge in [0.2, 0.25) is 0 Å². The van der Waals surface area contributed by atoms with Crippen LogP contribution in [0.1, 0.15) is 36.6 Å². The Morgan fingerprint density at radius 1 is 1.39 bits per heavy atom. The lowest BCUT2D eigenvalue weighted by atomic mass is 10.1. The molecule has 0 radical (unpaired) electrons. The molecule has 120 valence electrons. The number of nitriles is 1. The van der Waals surface area contributed by atoms with Crippen LogP contribution in [0.25, 0.3) is 11.9 Å². The van der Waals surface area contributed by atoms with Crippen molar-refractivity contribution in [2.75, 3.05) is 0 Å². The Kier molecular flexibility index (Phi) is 4.70. The highest BCUT2D eigenvalue weighted by Gasteiger charge is 2.15. The lowest BCUT2D eigenvalue weighted by molar-refractivity contribution is -0.117. The third-order valence-corrected chi connectivity index (χ3v) is 3.40. The molecule has 1 amide bonds. The highest BCUT2D eigenvalue weighted by Crippen LogP contribution is 2.22. The van der Waals surface area contributed by atoms with Gasteiger partial charge >= 0.3 is 0 Å². The molecule has 0 aliphatic heterocycles. The SMILES string of the molecule is Cc1cc(-n2c(C)cc(/C=C(\C#N)C(=O)NC(C)C)c2C)no1. The van der Waals surface area contributed by atoms with Crippen LogP contribution in [-0.2, 0) is 4.79 Å². The molecule has 23 heavy (non-hydrogen) atoms. The number of hydrogen-bond acceptors (Lipinski definition) is 4. The van der Waals surface area contributed by atoms with Gasteiger partial charge in [0.25, 0.3) is 5.91 Å². The molecule has 0 bridgehead atoms. The summed E-state index contributed by atoms with van der Waals surface area (Å²) in [5.41, 5.74) is 2.72. The van der Waals surface area contributed by atoms with Gasteiger partial charge < -0.3 is 9.84 Å². The smallest absolute Gasteiger partial charge is 0.262 e. The molecule has 0 aliphatic rings. The van der Waals surface area contributed by atoms with Crippen LogP contribution in [0.5, 0.6) is 0 Å². The lowest BCUT2D eigenvalue weighted by Crippen LogP contribution is -2.30. The van der Waals surface area contributed by atoms with Crippen LogP contribution in [0.2, 0.25) is 0 Å². The first-order valence-electron chi connectivity index (χ1n) is 7.38. The summed E-state index contributed by atoms with van der Waals surface area (Å²) in [6.45, 7) is 9.39. The highest BCUT2D eigenvalue weighted by atomic mass is 16.5. The Morgan fingerprint density at radius 2 is 2.09 bits per heavy atom. The number of rotatable bonds is 4. The summed E-state index contributed by atoms with van der Waals surface area (Å²) in [6.07, 6.45) is 1.60. The van der Waals surface area contributed by atoms with E-state index in [9.17, 15) is 10.1 Å². The molecule has 0 aromatic carbocycles. The second-order valence-corrected chi connectivity index (χ2v) is 5.76. The number of aromatic nitrogens is 2. The third kappa shape index (κ3) is 3.51. The summed E-state index contributed by atoms with van der Waals surface area (Å²) in [5, 5.41) is 16.0. The summed E-state index contributed by atoms with van der Waals surface area (Å²) in [4.78, 5) is 12.0. The number of carbonyl (C=O) groups excluding carboxylic acids is 1. The fourth-order valence-electron chi connectivity index (χ4n) is 2.39. The van der Waals surface area contributed by atoms with E-state index >= 15 is 0 Å². The van der Waals surface area contributed by atoms with E-state index in [1.165, 1.54) is 0 Å². The first-order chi connectivity index (χ1) is 10.8. The number of carbonyl (C=O) groups is 1. The first-order valence-corrected chi connectivity index (χ1v) is 7.38. The molecule has 6 heteroatoms. The van der Waals surface area contributed by atoms with E-state index in [0.717, 1.165) is 22.7 Å². The second kappa shape index (κ2) is 6.53. The molecule has 1 N–H and O–H groups in total. The van der Waals surface area contributed by atoms with Crippen molar-refractivity contribution in [2.24, 2.45) is 0 Å². The molecule has 6 nitrogen and oxygen atoms in total. The summed E-state index contributed by atoms with van der Waals surface area (Å²) < 4.78 is 7.05. The van der Waals surface area contributed by atoms with E-state index < -0.39 is 0 Å². The normalized spacial score (nSPS) is 11.6. The molecule has 2 heterocycles. The van der Waals surface area contributed by atoms with E-state index in [0.29, 0.717) is 5.82 Å². The standard InChI is InChI=1S/C17H20N4O2/c1-10(2)19-17(22)15(9-18)8-14-6-11(3)21(13(14)5)16-7-12(4)23-20-16/h6-8,10H,1-5H3,(H,19,22)/b15-8+. The minimum Gasteiger partial charge on any atom is -0.360 e. The molecule has 0 aliphatic carbocycles. The molecule has 0 spiro atoms. The van der Waals surface area contributed by atoms with Crippen LogP contribution in [0, 0.1) is 32.1 Å². The molecule has 0 fully saturated rings. The maximum absolute atomic E-state index is 12.0. The summed E-state index contributed by atoms with van der Waals surface area (Å²) in [6, 6.07) is 5.69. The van der Waals surface area contributed by atoms with E-state index in [1.807, 2.05) is 57.4 Å². The number of aryl methyl sites for hydroxylation is 2. The van der Waals surface area contributed by atoms with Crippen LogP contribution in [0.3, 0.4) is 0 Å². The second-order valence-electron chi connectivity index (χ2n) is 5.76. The predicted molar refractivity (Wildman–Crippen MR) is 86.9 cm³/mol. The van der Waals surface area contributed by atoms with Crippen molar-refractivity contribution in [1.29, 1.82) is 5.26 Å². The quantitative estimate of drug-likeness (QED) is 0.695. The minimum absolute atomic E-state index is 0.0233. The molecule has 0 atom stereocenters. The van der Waals surface area contributed by atoms with Crippen LogP contribution >= 0.6 is 0 Å². The van der Waals surface area contributed by atoms with Crippen molar-refractivity contribution in [2.45, 2.75) is 40.7 Å². The molecule has 2 aromatic heterocycles. The topological polar surface area (TPSA) is 83.9 Å². The van der Waals surface area contributed by atoms with Gasteiger partial charge in [-0.25, -0.2) is 0 Å². The lowest BCUT2D eigenvalue weighted by Gasteiger charge is -2.07. The summed E-state index contributed by atoms with van der Waals surface area (Å²) in [7, 11) is 0. The molecular formula is C17H20N4O2. The maximum Gasteiger partial charge on any atom is 0.262 e. The minimum atomic E-state index is -0.371. The van der Waals surface area contributed by atoms with Crippen LogP contribution < -0.4 is 5.32 Å². The van der Waals surface area contributed by atoms with Gasteiger partial charge in [-0.3, -0.25) is 9.36 Å². The van der Waals surface area contributed by atoms with E-state index in [-0.39, 0.29) is 17.5 Å². The molecule has 2 aromatic rings. The van der Waals surface area contributed by atoms with Crippen LogP contribution in [0.15, 0.2) is 22.2 Å². The summed E-state index contributed by atoms with van der Waals surface area (Å²) in [5.74, 6) is 1.03. The maximum atomic E-state index is 12.0. The van der Waals surface area contributed by atoms with Crippen molar-refractivity contribution < 1.29 is 9.32 Å². The zero-order chi connectivity index (χ0) is 17.1. The van der Waals surface area contributed by atoms with Gasteiger partial charge in [-0.2, -0.15) is 5.26 Å². The number of nitrogens with one attached hydrogen (secondary N) is 1. The van der Waals surface area contributed by atoms with Crippen LogP contribution in [-0.4, -0.2) is 21.7 Å². The Bertz CT molecular complexity index is 803. The van der Waals surface area contributed by atoms with Gasteiger partial charge in [0.05, 0.1) is 0 Å². The Balaban J connectivity index is 2.43. The number of nitrogens with zero attached hydrogens (tertiary/aromatic N) is 3.